The van der Waals surface area contributed by atoms with Crippen LogP contribution in [0.15, 0.2) is 72.3 Å². The molecule has 0 bridgehead atoms. The number of rotatable bonds is 5. The number of Topliss-reactive ketones (excluding diaryl/α,β-unsaturated/α-hetero) is 1. The van der Waals surface area contributed by atoms with Gasteiger partial charge in [-0.05, 0) is 65.4 Å². The van der Waals surface area contributed by atoms with Crippen LogP contribution in [0.1, 0.15) is 56.0 Å². The Hall–Kier alpha value is -3.93. The summed E-state index contributed by atoms with van der Waals surface area (Å²) in [6.07, 6.45) is 0.827. The van der Waals surface area contributed by atoms with E-state index in [2.05, 4.69) is 0 Å². The Morgan fingerprint density at radius 2 is 1.64 bits per heavy atom. The number of aliphatic hydroxyl groups excluding tert-OH is 1. The molecule has 0 aromatic heterocycles. The summed E-state index contributed by atoms with van der Waals surface area (Å²) in [6, 6.07) is 17.2. The van der Waals surface area contributed by atoms with Gasteiger partial charge in [0.1, 0.15) is 17.3 Å². The van der Waals surface area contributed by atoms with Crippen LogP contribution in [-0.4, -0.2) is 23.9 Å². The summed E-state index contributed by atoms with van der Waals surface area (Å²) in [4.78, 5) is 28.1. The second-order valence-corrected chi connectivity index (χ2v) is 9.91. The van der Waals surface area contributed by atoms with Crippen molar-refractivity contribution in [1.82, 2.24) is 0 Å². The molecule has 1 amide bonds. The first kappa shape index (κ1) is 25.2. The molecule has 1 N–H and O–H groups in total. The van der Waals surface area contributed by atoms with Crippen molar-refractivity contribution in [3.05, 3.63) is 100 Å². The van der Waals surface area contributed by atoms with Crippen LogP contribution in [0, 0.1) is 5.82 Å². The number of methoxy groups -OCH3 is 1. The molecule has 5 nitrogen and oxygen atoms in total. The predicted octanol–water partition coefficient (Wildman–Crippen LogP) is 6.32. The number of benzene rings is 3. The lowest BCUT2D eigenvalue weighted by Crippen LogP contribution is -2.29. The second kappa shape index (κ2) is 9.61. The van der Waals surface area contributed by atoms with Gasteiger partial charge in [-0.3, -0.25) is 14.5 Å². The standard InChI is InChI=1S/C30H30FNO4/c1-6-18-7-14-22(15-8-18)32-26(19-9-12-21(31)13-10-19)25(28(34)29(32)35)27(33)20-11-16-24(36-5)23(17-20)30(2,3)4/h7-17,26,33H,6H2,1-5H3/b27-25-. The summed E-state index contributed by atoms with van der Waals surface area (Å²) in [5, 5.41) is 11.5. The van der Waals surface area contributed by atoms with Crippen molar-refractivity contribution >= 4 is 23.1 Å². The van der Waals surface area contributed by atoms with Gasteiger partial charge in [-0.1, -0.05) is 52.0 Å². The van der Waals surface area contributed by atoms with E-state index in [0.717, 1.165) is 17.5 Å². The topological polar surface area (TPSA) is 66.8 Å². The van der Waals surface area contributed by atoms with Gasteiger partial charge in [0.15, 0.2) is 0 Å². The number of hydrogen-bond acceptors (Lipinski definition) is 4. The van der Waals surface area contributed by atoms with Gasteiger partial charge in [-0.25, -0.2) is 4.39 Å². The highest BCUT2D eigenvalue weighted by molar-refractivity contribution is 6.51. The maximum atomic E-state index is 13.8. The largest absolute Gasteiger partial charge is 0.507 e. The molecule has 186 valence electrons. The number of nitrogens with zero attached hydrogens (tertiary/aromatic N) is 1. The number of carbonyl (C=O) groups is 2. The Labute approximate surface area is 210 Å². The number of ketones is 1. The summed E-state index contributed by atoms with van der Waals surface area (Å²) in [5.41, 5.74) is 3.02. The second-order valence-electron chi connectivity index (χ2n) is 9.91. The van der Waals surface area contributed by atoms with Crippen LogP contribution in [-0.2, 0) is 21.4 Å². The third-order valence-corrected chi connectivity index (χ3v) is 6.53. The van der Waals surface area contributed by atoms with Crippen molar-refractivity contribution in [1.29, 1.82) is 0 Å². The third kappa shape index (κ3) is 4.51. The average Bonchev–Trinajstić information content (AvgIpc) is 3.13. The number of amides is 1. The quantitative estimate of drug-likeness (QED) is 0.260. The zero-order valence-corrected chi connectivity index (χ0v) is 21.1. The van der Waals surface area contributed by atoms with Crippen molar-refractivity contribution in [3.63, 3.8) is 0 Å². The number of hydrogen-bond donors (Lipinski definition) is 1. The van der Waals surface area contributed by atoms with E-state index in [1.165, 1.54) is 29.2 Å². The van der Waals surface area contributed by atoms with Gasteiger partial charge in [0.05, 0.1) is 18.7 Å². The van der Waals surface area contributed by atoms with Gasteiger partial charge >= 0.3 is 0 Å². The summed E-state index contributed by atoms with van der Waals surface area (Å²) in [5.74, 6) is -1.61. The number of anilines is 1. The summed E-state index contributed by atoms with van der Waals surface area (Å²) >= 11 is 0. The Morgan fingerprint density at radius 1 is 1.00 bits per heavy atom. The number of ether oxygens (including phenoxy) is 1. The van der Waals surface area contributed by atoms with Crippen molar-refractivity contribution in [3.8, 4) is 5.75 Å². The maximum Gasteiger partial charge on any atom is 0.300 e. The SMILES string of the molecule is CCc1ccc(N2C(=O)C(=O)/C(=C(\O)c3ccc(OC)c(C(C)(C)C)c3)C2c2ccc(F)cc2)cc1. The third-order valence-electron chi connectivity index (χ3n) is 6.53. The van der Waals surface area contributed by atoms with Crippen LogP contribution in [0.3, 0.4) is 0 Å². The molecule has 1 fully saturated rings. The van der Waals surface area contributed by atoms with Gasteiger partial charge in [0.2, 0.25) is 0 Å². The molecule has 36 heavy (non-hydrogen) atoms. The van der Waals surface area contributed by atoms with E-state index < -0.39 is 23.5 Å². The molecule has 0 aliphatic carbocycles. The van der Waals surface area contributed by atoms with E-state index in [4.69, 9.17) is 4.74 Å². The van der Waals surface area contributed by atoms with Crippen LogP contribution in [0.25, 0.3) is 5.76 Å². The molecule has 3 aromatic rings. The Kier molecular flexibility index (Phi) is 6.72. The maximum absolute atomic E-state index is 13.8. The summed E-state index contributed by atoms with van der Waals surface area (Å²) < 4.78 is 19.3. The minimum Gasteiger partial charge on any atom is -0.507 e. The van der Waals surface area contributed by atoms with E-state index in [9.17, 15) is 19.1 Å². The summed E-state index contributed by atoms with van der Waals surface area (Å²) in [7, 11) is 1.58. The van der Waals surface area contributed by atoms with Crippen LogP contribution in [0.2, 0.25) is 0 Å². The normalized spacial score (nSPS) is 17.5. The molecule has 0 saturated carbocycles. The molecule has 6 heteroatoms. The molecule has 3 aromatic carbocycles. The first-order chi connectivity index (χ1) is 17.1. The fourth-order valence-corrected chi connectivity index (χ4v) is 4.55. The van der Waals surface area contributed by atoms with Gasteiger partial charge in [-0.15, -0.1) is 0 Å². The van der Waals surface area contributed by atoms with E-state index in [0.29, 0.717) is 22.6 Å². The Bertz CT molecular complexity index is 1330. The fourth-order valence-electron chi connectivity index (χ4n) is 4.55. The van der Waals surface area contributed by atoms with Crippen molar-refractivity contribution in [2.24, 2.45) is 0 Å². The zero-order chi connectivity index (χ0) is 26.2. The number of aliphatic hydroxyl groups is 1. The average molecular weight is 488 g/mol. The number of halogens is 1. The van der Waals surface area contributed by atoms with Gasteiger partial charge in [-0.2, -0.15) is 0 Å². The first-order valence-corrected chi connectivity index (χ1v) is 11.9. The molecule has 0 radical (unpaired) electrons. The van der Waals surface area contributed by atoms with Gasteiger partial charge < -0.3 is 9.84 Å². The van der Waals surface area contributed by atoms with E-state index in [1.807, 2.05) is 39.8 Å². The smallest absolute Gasteiger partial charge is 0.300 e. The Balaban J connectivity index is 1.94. The molecule has 1 heterocycles. The lowest BCUT2D eigenvalue weighted by atomic mass is 9.84. The predicted molar refractivity (Wildman–Crippen MR) is 139 cm³/mol. The van der Waals surface area contributed by atoms with Crippen LogP contribution in [0.4, 0.5) is 10.1 Å². The monoisotopic (exact) mass is 487 g/mol. The first-order valence-electron chi connectivity index (χ1n) is 11.9. The fraction of sp³-hybridized carbons (Fsp3) is 0.267. The van der Waals surface area contributed by atoms with Crippen molar-refractivity contribution in [2.45, 2.75) is 45.6 Å². The zero-order valence-electron chi connectivity index (χ0n) is 21.1. The molecular formula is C30H30FNO4. The number of carbonyl (C=O) groups excluding carboxylic acids is 2. The van der Waals surface area contributed by atoms with Crippen LogP contribution < -0.4 is 9.64 Å². The Morgan fingerprint density at radius 3 is 2.19 bits per heavy atom. The molecule has 4 rings (SSSR count). The minimum atomic E-state index is -0.918. The number of aryl methyl sites for hydroxylation is 1. The summed E-state index contributed by atoms with van der Waals surface area (Å²) in [6.45, 7) is 8.09. The van der Waals surface area contributed by atoms with Crippen molar-refractivity contribution in [2.75, 3.05) is 12.0 Å². The van der Waals surface area contributed by atoms with E-state index >= 15 is 0 Å². The molecule has 1 aliphatic rings. The molecule has 1 atom stereocenters. The highest BCUT2D eigenvalue weighted by Crippen LogP contribution is 2.43. The van der Waals surface area contributed by atoms with E-state index in [-0.39, 0.29) is 16.7 Å². The van der Waals surface area contributed by atoms with Gasteiger partial charge in [0.25, 0.3) is 11.7 Å². The van der Waals surface area contributed by atoms with Crippen LogP contribution >= 0.6 is 0 Å². The van der Waals surface area contributed by atoms with E-state index in [1.54, 1.807) is 37.4 Å². The van der Waals surface area contributed by atoms with Gasteiger partial charge in [0, 0.05) is 16.8 Å². The molecular weight excluding hydrogens is 457 g/mol. The molecule has 0 spiro atoms. The van der Waals surface area contributed by atoms with Crippen molar-refractivity contribution < 1.29 is 23.8 Å². The van der Waals surface area contributed by atoms with Crippen LogP contribution in [0.5, 0.6) is 5.75 Å². The molecule has 1 aliphatic heterocycles. The molecule has 1 unspecified atom stereocenters. The lowest BCUT2D eigenvalue weighted by Gasteiger charge is -2.26. The molecule has 1 saturated heterocycles. The lowest BCUT2D eigenvalue weighted by molar-refractivity contribution is -0.132. The minimum absolute atomic E-state index is 0.0452. The highest BCUT2D eigenvalue weighted by Gasteiger charge is 2.47. The highest BCUT2D eigenvalue weighted by atomic mass is 19.1.